The van der Waals surface area contributed by atoms with Gasteiger partial charge in [0.05, 0.1) is 26.3 Å². The van der Waals surface area contributed by atoms with E-state index >= 15 is 0 Å². The van der Waals surface area contributed by atoms with Crippen molar-refractivity contribution in [2.45, 2.75) is 55.2 Å². The number of rotatable bonds is 11. The molecular weight excluding hydrogens is 1020 g/mol. The lowest BCUT2D eigenvalue weighted by molar-refractivity contribution is -0.111. The lowest BCUT2D eigenvalue weighted by atomic mass is 9.95. The smallest absolute Gasteiger partial charge is 0.193 e. The van der Waals surface area contributed by atoms with Gasteiger partial charge in [0.2, 0.25) is 0 Å². The van der Waals surface area contributed by atoms with Gasteiger partial charge >= 0.3 is 0 Å². The maximum atomic E-state index is 11.8. The fourth-order valence-corrected chi connectivity index (χ4v) is 9.74. The molecular formula is C58H50Cl3N5O3S3. The van der Waals surface area contributed by atoms with Crippen LogP contribution in [0, 0.1) is 20.8 Å². The zero-order valence-electron chi connectivity index (χ0n) is 40.4. The molecule has 9 aromatic rings. The van der Waals surface area contributed by atoms with Crippen molar-refractivity contribution in [2.24, 2.45) is 0 Å². The molecule has 0 amide bonds. The number of carbonyl (C=O) groups excluding carboxylic acids is 1. The predicted molar refractivity (Wildman–Crippen MR) is 301 cm³/mol. The lowest BCUT2D eigenvalue weighted by Crippen LogP contribution is -1.96. The Bertz CT molecular complexity index is 3400. The standard InChI is InChI=1S/C21H19ClN2OS.C19H16ClNO2S.C18H15ClN2S/c1-3-4-20(25)26-18-9-7-15(8-10-18)19-11-17(22)13-24-21(19)16-6-5-14(2)23-12-16;1-13-3-4-15(12-21-13)18-10-7-16(20)11-19(18)14-5-8-17(9-6-14)24(2,22)23;1-12-3-4-14(10-20-12)18-17(9-15(19)11-21-18)13-5-7-16(22-2)8-6-13/h5-13H,3-4H2,1-2H3;3-12H,1-2H3;3-11H,1-2H3/i;2-1;. The highest BCUT2D eigenvalue weighted by molar-refractivity contribution is 8.13. The average Bonchev–Trinajstić information content (AvgIpc) is 3.38. The van der Waals surface area contributed by atoms with E-state index in [1.807, 2.05) is 137 Å². The molecule has 364 valence electrons. The topological polar surface area (TPSA) is 116 Å². The van der Waals surface area contributed by atoms with Gasteiger partial charge in [0, 0.05) is 103 Å². The van der Waals surface area contributed by atoms with Crippen molar-refractivity contribution in [2.75, 3.05) is 12.5 Å². The van der Waals surface area contributed by atoms with Gasteiger partial charge in [-0.2, -0.15) is 0 Å². The van der Waals surface area contributed by atoms with Crippen LogP contribution in [0.5, 0.6) is 0 Å². The number of nitrogens with zero attached hydrogens (tertiary/aromatic N) is 5. The van der Waals surface area contributed by atoms with Gasteiger partial charge in [-0.05, 0) is 152 Å². The number of aromatic nitrogens is 5. The normalized spacial score (nSPS) is 11.0. The Kier molecular flexibility index (Phi) is 18.6. The van der Waals surface area contributed by atoms with E-state index in [0.717, 1.165) is 95.4 Å². The van der Waals surface area contributed by atoms with Crippen LogP contribution in [0.25, 0.3) is 67.0 Å². The molecule has 0 radical (unpaired) electrons. The predicted octanol–water partition coefficient (Wildman–Crippen LogP) is 16.5. The maximum Gasteiger partial charge on any atom is 0.193 e. The van der Waals surface area contributed by atoms with Crippen molar-refractivity contribution in [1.29, 1.82) is 0 Å². The molecule has 0 aliphatic carbocycles. The summed E-state index contributed by atoms with van der Waals surface area (Å²) in [5.41, 5.74) is 14.5. The molecule has 0 bridgehead atoms. The molecule has 72 heavy (non-hydrogen) atoms. The Morgan fingerprint density at radius 1 is 0.472 bits per heavy atom. The molecule has 0 unspecified atom stereocenters. The largest absolute Gasteiger partial charge is 0.287 e. The van der Waals surface area contributed by atoms with Crippen LogP contribution in [-0.2, 0) is 14.6 Å². The second-order valence-corrected chi connectivity index (χ2v) is 22.0. The summed E-state index contributed by atoms with van der Waals surface area (Å²) in [5.74, 6) is 0. The van der Waals surface area contributed by atoms with E-state index in [1.54, 1.807) is 48.4 Å². The van der Waals surface area contributed by atoms with Crippen molar-refractivity contribution in [3.05, 3.63) is 203 Å². The first-order valence-corrected chi connectivity index (χ1v) is 27.8. The van der Waals surface area contributed by atoms with Crippen LogP contribution < -0.4 is 0 Å². The molecule has 4 aromatic carbocycles. The molecule has 0 aliphatic heterocycles. The van der Waals surface area contributed by atoms with Gasteiger partial charge in [-0.1, -0.05) is 102 Å². The van der Waals surface area contributed by atoms with E-state index in [0.29, 0.717) is 26.4 Å². The summed E-state index contributed by atoms with van der Waals surface area (Å²) >= 11 is 21.5. The summed E-state index contributed by atoms with van der Waals surface area (Å²) in [6.07, 6.45) is 13.6. The van der Waals surface area contributed by atoms with Crippen molar-refractivity contribution in [3.8, 4) is 67.0 Å². The van der Waals surface area contributed by atoms with E-state index in [9.17, 15) is 13.2 Å². The number of benzene rings is 4. The summed E-state index contributed by atoms with van der Waals surface area (Å²) in [4.78, 5) is 36.4. The fraction of sp³-hybridized carbons (Fsp3) is 0.138. The van der Waals surface area contributed by atoms with Crippen LogP contribution in [0.15, 0.2) is 185 Å². The summed E-state index contributed by atoms with van der Waals surface area (Å²) < 4.78 is 23.3. The monoisotopic (exact) mass is 1060 g/mol. The van der Waals surface area contributed by atoms with E-state index in [-0.39, 0.29) is 5.12 Å². The Labute approximate surface area is 445 Å². The zero-order valence-corrected chi connectivity index (χ0v) is 45.1. The molecule has 8 nitrogen and oxygen atoms in total. The molecule has 0 spiro atoms. The Balaban J connectivity index is 0.000000159. The van der Waals surface area contributed by atoms with Gasteiger partial charge in [0.15, 0.2) is 15.0 Å². The zero-order chi connectivity index (χ0) is 51.4. The number of thioether (sulfide) groups is 2. The summed E-state index contributed by atoms with van der Waals surface area (Å²) in [6.45, 7) is 7.88. The van der Waals surface area contributed by atoms with Gasteiger partial charge in [-0.3, -0.25) is 29.7 Å². The molecule has 9 rings (SSSR count). The second-order valence-electron chi connectivity index (χ2n) is 16.6. The minimum absolute atomic E-state index is 0.191. The van der Waals surface area contributed by atoms with Crippen LogP contribution in [-0.4, -0.2) is 51.0 Å². The first kappa shape index (κ1) is 53.6. The Hall–Kier alpha value is -6.18. The molecule has 0 saturated heterocycles. The number of hydrogen-bond donors (Lipinski definition) is 0. The third-order valence-corrected chi connectivity index (χ3v) is 14.6. The van der Waals surface area contributed by atoms with Crippen molar-refractivity contribution >= 4 is 73.3 Å². The third kappa shape index (κ3) is 14.5. The lowest BCUT2D eigenvalue weighted by Gasteiger charge is -2.11. The number of aryl methyl sites for hydroxylation is 3. The van der Waals surface area contributed by atoms with Crippen molar-refractivity contribution < 1.29 is 13.2 Å². The quantitative estimate of drug-likeness (QED) is 0.116. The first-order chi connectivity index (χ1) is 34.6. The average molecular weight is 1070 g/mol. The molecule has 14 heteroatoms. The summed E-state index contributed by atoms with van der Waals surface area (Å²) in [7, 11) is -3.21. The van der Waals surface area contributed by atoms with Crippen molar-refractivity contribution in [3.63, 3.8) is 0 Å². The van der Waals surface area contributed by atoms with Crippen LogP contribution in [0.3, 0.4) is 0 Å². The number of hydrogen-bond acceptors (Lipinski definition) is 10. The minimum atomic E-state index is -3.21. The highest BCUT2D eigenvalue weighted by Crippen LogP contribution is 2.37. The van der Waals surface area contributed by atoms with E-state index < -0.39 is 9.84 Å². The van der Waals surface area contributed by atoms with Gasteiger partial charge in [0.25, 0.3) is 0 Å². The van der Waals surface area contributed by atoms with E-state index in [4.69, 9.17) is 34.8 Å². The van der Waals surface area contributed by atoms with Gasteiger partial charge < -0.3 is 0 Å². The van der Waals surface area contributed by atoms with E-state index in [1.165, 1.54) is 22.9 Å². The molecule has 5 aromatic heterocycles. The molecule has 0 N–H and O–H groups in total. The third-order valence-electron chi connectivity index (χ3n) is 11.1. The van der Waals surface area contributed by atoms with Crippen LogP contribution in [0.1, 0.15) is 36.8 Å². The van der Waals surface area contributed by atoms with Crippen LogP contribution in [0.4, 0.5) is 0 Å². The molecule has 0 fully saturated rings. The maximum absolute atomic E-state index is 11.8. The minimum Gasteiger partial charge on any atom is -0.287 e. The van der Waals surface area contributed by atoms with Crippen LogP contribution >= 0.6 is 58.3 Å². The molecule has 0 atom stereocenters. The number of carbonyl (C=O) groups is 1. The number of sulfone groups is 1. The van der Waals surface area contributed by atoms with E-state index in [2.05, 4.69) is 55.4 Å². The molecule has 0 aliphatic rings. The highest BCUT2D eigenvalue weighted by Gasteiger charge is 2.15. The van der Waals surface area contributed by atoms with Gasteiger partial charge in [0.1, 0.15) is 0 Å². The first-order valence-electron chi connectivity index (χ1n) is 22.7. The fourth-order valence-electron chi connectivity index (χ4n) is 7.37. The Morgan fingerprint density at radius 2 is 0.889 bits per heavy atom. The molecule has 0 saturated carbocycles. The van der Waals surface area contributed by atoms with Crippen LogP contribution in [0.2, 0.25) is 15.1 Å². The second kappa shape index (κ2) is 25.0. The highest BCUT2D eigenvalue weighted by atomic mass is 35.5. The summed E-state index contributed by atoms with van der Waals surface area (Å²) in [5, 5.41) is 2.03. The van der Waals surface area contributed by atoms with Crippen molar-refractivity contribution in [1.82, 2.24) is 24.9 Å². The number of halogens is 3. The Morgan fingerprint density at radius 3 is 1.32 bits per heavy atom. The summed E-state index contributed by atoms with van der Waals surface area (Å²) in [6, 6.07) is 44.7. The number of pyridine rings is 5. The SMILES string of the molecule is CCCC(=O)Sc1ccc(-c2cc(Cl)cnc2-c2ccc(C)nc2)cc1.CSc1ccc(-c2cc(Cl)cnc2-c2ccc(C)nc2)cc1.Cc1ccc(-c2ccc(Cl)cc2-c2ccc(S([11CH3])(=O)=O)cc2)cn1. The van der Waals surface area contributed by atoms with Gasteiger partial charge in [-0.25, -0.2) is 8.42 Å². The molecule has 5 heterocycles. The van der Waals surface area contributed by atoms with Gasteiger partial charge in [-0.15, -0.1) is 11.8 Å².